The average Bonchev–Trinajstić information content (AvgIpc) is 2.35. The van der Waals surface area contributed by atoms with E-state index in [1.807, 2.05) is 0 Å². The summed E-state index contributed by atoms with van der Waals surface area (Å²) in [6.07, 6.45) is 0.169. The number of nitrogen functional groups attached to an aromatic ring is 1. The number of rotatable bonds is 4. The summed E-state index contributed by atoms with van der Waals surface area (Å²) in [6, 6.07) is 1.67. The number of hydrogen-bond acceptors (Lipinski definition) is 6. The van der Waals surface area contributed by atoms with Crippen molar-refractivity contribution in [1.82, 2.24) is 14.9 Å². The molecule has 0 aromatic carbocycles. The second-order valence-corrected chi connectivity index (χ2v) is 5.02. The molecule has 7 heteroatoms. The maximum Gasteiger partial charge on any atom is 0.225 e. The number of likely N-dealkylation sites (N-methyl/N-ethyl adjacent to an activating group) is 1. The van der Waals surface area contributed by atoms with Gasteiger partial charge in [0.2, 0.25) is 5.95 Å². The van der Waals surface area contributed by atoms with Crippen molar-refractivity contribution in [2.75, 3.05) is 43.8 Å². The number of nitrogens with two attached hydrogens (primary N) is 1. The number of ether oxygens (including phenoxy) is 1. The van der Waals surface area contributed by atoms with Gasteiger partial charge in [-0.2, -0.15) is 4.98 Å². The van der Waals surface area contributed by atoms with E-state index in [1.165, 1.54) is 0 Å². The van der Waals surface area contributed by atoms with Crippen molar-refractivity contribution >= 4 is 27.7 Å². The Morgan fingerprint density at radius 1 is 1.61 bits per heavy atom. The molecule has 1 aromatic heterocycles. The highest BCUT2D eigenvalue weighted by Gasteiger charge is 2.19. The second kappa shape index (κ2) is 6.31. The van der Waals surface area contributed by atoms with Crippen LogP contribution in [-0.4, -0.2) is 53.8 Å². The smallest absolute Gasteiger partial charge is 0.225 e. The molecule has 1 saturated heterocycles. The van der Waals surface area contributed by atoms with Gasteiger partial charge in [0, 0.05) is 25.7 Å². The number of anilines is 2. The van der Waals surface area contributed by atoms with E-state index in [-0.39, 0.29) is 6.10 Å². The first-order valence-electron chi connectivity index (χ1n) is 6.05. The minimum absolute atomic E-state index is 0.169. The van der Waals surface area contributed by atoms with Crippen LogP contribution in [0.15, 0.2) is 10.7 Å². The van der Waals surface area contributed by atoms with Crippen LogP contribution in [0.1, 0.15) is 6.92 Å². The quantitative estimate of drug-likeness (QED) is 0.806. The number of halogens is 1. The third kappa shape index (κ3) is 3.79. The van der Waals surface area contributed by atoms with Gasteiger partial charge in [0.25, 0.3) is 0 Å². The lowest BCUT2D eigenvalue weighted by molar-refractivity contribution is -0.0192. The highest BCUT2D eigenvalue weighted by atomic mass is 79.9. The molecule has 0 radical (unpaired) electrons. The molecule has 1 aromatic rings. The molecule has 100 valence electrons. The van der Waals surface area contributed by atoms with Gasteiger partial charge >= 0.3 is 0 Å². The van der Waals surface area contributed by atoms with E-state index in [2.05, 4.69) is 43.0 Å². The molecule has 1 fully saturated rings. The summed E-state index contributed by atoms with van der Waals surface area (Å²) >= 11 is 3.29. The summed E-state index contributed by atoms with van der Waals surface area (Å²) in [4.78, 5) is 10.7. The van der Waals surface area contributed by atoms with E-state index in [9.17, 15) is 0 Å². The van der Waals surface area contributed by atoms with Crippen LogP contribution in [0, 0.1) is 0 Å². The zero-order chi connectivity index (χ0) is 13.0. The van der Waals surface area contributed by atoms with Crippen molar-refractivity contribution in [2.45, 2.75) is 13.0 Å². The maximum absolute atomic E-state index is 5.69. The molecule has 1 aliphatic heterocycles. The molecule has 0 spiro atoms. The molecule has 0 aliphatic carbocycles. The van der Waals surface area contributed by atoms with Gasteiger partial charge in [0.05, 0.1) is 12.7 Å². The van der Waals surface area contributed by atoms with E-state index >= 15 is 0 Å². The topological polar surface area (TPSA) is 76.3 Å². The molecule has 6 nitrogen and oxygen atoms in total. The summed E-state index contributed by atoms with van der Waals surface area (Å²) in [7, 11) is 0. The zero-order valence-electron chi connectivity index (χ0n) is 10.4. The Balaban J connectivity index is 1.87. The van der Waals surface area contributed by atoms with Gasteiger partial charge in [-0.15, -0.1) is 0 Å². The molecule has 0 saturated carbocycles. The molecule has 1 aliphatic rings. The van der Waals surface area contributed by atoms with Gasteiger partial charge in [0.1, 0.15) is 10.4 Å². The Morgan fingerprint density at radius 2 is 2.44 bits per heavy atom. The lowest BCUT2D eigenvalue weighted by Gasteiger charge is -2.32. The summed E-state index contributed by atoms with van der Waals surface area (Å²) in [5, 5.41) is 3.16. The standard InChI is InChI=1S/C11H18BrN5O/c1-2-17-3-4-18-8(7-17)6-14-11-15-9(12)5-10(13)16-11/h5,8H,2-4,6-7H2,1H3,(H3,13,14,15,16). The second-order valence-electron chi connectivity index (χ2n) is 4.21. The Morgan fingerprint density at radius 3 is 3.17 bits per heavy atom. The Labute approximate surface area is 115 Å². The molecule has 0 bridgehead atoms. The fourth-order valence-corrected chi connectivity index (χ4v) is 2.31. The predicted octanol–water partition coefficient (Wildman–Crippen LogP) is 0.954. The normalized spacial score (nSPS) is 20.9. The van der Waals surface area contributed by atoms with Crippen LogP contribution in [0.25, 0.3) is 0 Å². The van der Waals surface area contributed by atoms with Crippen molar-refractivity contribution in [3.05, 3.63) is 10.7 Å². The van der Waals surface area contributed by atoms with Crippen molar-refractivity contribution in [3.63, 3.8) is 0 Å². The van der Waals surface area contributed by atoms with Crippen LogP contribution < -0.4 is 11.1 Å². The minimum atomic E-state index is 0.169. The average molecular weight is 316 g/mol. The lowest BCUT2D eigenvalue weighted by atomic mass is 10.2. The van der Waals surface area contributed by atoms with Gasteiger partial charge in [-0.25, -0.2) is 4.98 Å². The van der Waals surface area contributed by atoms with Crippen LogP contribution >= 0.6 is 15.9 Å². The van der Waals surface area contributed by atoms with Gasteiger partial charge in [0.15, 0.2) is 0 Å². The van der Waals surface area contributed by atoms with Gasteiger partial charge in [-0.1, -0.05) is 6.92 Å². The van der Waals surface area contributed by atoms with Crippen molar-refractivity contribution < 1.29 is 4.74 Å². The fraction of sp³-hybridized carbons (Fsp3) is 0.636. The number of morpholine rings is 1. The fourth-order valence-electron chi connectivity index (χ4n) is 1.91. The zero-order valence-corrected chi connectivity index (χ0v) is 12.0. The van der Waals surface area contributed by atoms with Gasteiger partial charge < -0.3 is 15.8 Å². The summed E-state index contributed by atoms with van der Waals surface area (Å²) in [6.45, 7) is 6.63. The Bertz CT molecular complexity index is 383. The number of nitrogens with one attached hydrogen (secondary N) is 1. The molecule has 18 heavy (non-hydrogen) atoms. The van der Waals surface area contributed by atoms with Crippen molar-refractivity contribution in [1.29, 1.82) is 0 Å². The van der Waals surface area contributed by atoms with E-state index in [0.29, 0.717) is 22.9 Å². The summed E-state index contributed by atoms with van der Waals surface area (Å²) in [5.41, 5.74) is 5.65. The first kappa shape index (κ1) is 13.5. The number of nitrogens with zero attached hydrogens (tertiary/aromatic N) is 3. The van der Waals surface area contributed by atoms with Crippen LogP contribution in [0.3, 0.4) is 0 Å². The maximum atomic E-state index is 5.69. The predicted molar refractivity (Wildman–Crippen MR) is 74.5 cm³/mol. The SMILES string of the molecule is CCN1CCOC(CNc2nc(N)cc(Br)n2)C1. The van der Waals surface area contributed by atoms with Crippen LogP contribution in [-0.2, 0) is 4.74 Å². The molecule has 2 heterocycles. The first-order valence-corrected chi connectivity index (χ1v) is 6.84. The van der Waals surface area contributed by atoms with E-state index < -0.39 is 0 Å². The molecule has 3 N–H and O–H groups in total. The van der Waals surface area contributed by atoms with Crippen LogP contribution in [0.5, 0.6) is 0 Å². The summed E-state index contributed by atoms with van der Waals surface area (Å²) < 4.78 is 6.37. The lowest BCUT2D eigenvalue weighted by Crippen LogP contribution is -2.45. The van der Waals surface area contributed by atoms with Crippen molar-refractivity contribution in [2.24, 2.45) is 0 Å². The molecule has 1 atom stereocenters. The van der Waals surface area contributed by atoms with Crippen LogP contribution in [0.2, 0.25) is 0 Å². The first-order chi connectivity index (χ1) is 8.67. The third-order valence-corrected chi connectivity index (χ3v) is 3.28. The molecule has 1 unspecified atom stereocenters. The van der Waals surface area contributed by atoms with Gasteiger partial charge in [-0.3, -0.25) is 4.90 Å². The highest BCUT2D eigenvalue weighted by Crippen LogP contribution is 2.13. The Kier molecular flexibility index (Phi) is 4.73. The van der Waals surface area contributed by atoms with Gasteiger partial charge in [-0.05, 0) is 22.5 Å². The summed E-state index contributed by atoms with van der Waals surface area (Å²) in [5.74, 6) is 0.971. The molecule has 0 amide bonds. The Hall–Kier alpha value is -0.920. The van der Waals surface area contributed by atoms with Crippen LogP contribution in [0.4, 0.5) is 11.8 Å². The molecule has 2 rings (SSSR count). The molecular weight excluding hydrogens is 298 g/mol. The van der Waals surface area contributed by atoms with E-state index in [4.69, 9.17) is 10.5 Å². The monoisotopic (exact) mass is 315 g/mol. The highest BCUT2D eigenvalue weighted by molar-refractivity contribution is 9.10. The van der Waals surface area contributed by atoms with E-state index in [0.717, 1.165) is 26.2 Å². The number of hydrogen-bond donors (Lipinski definition) is 2. The third-order valence-electron chi connectivity index (χ3n) is 2.87. The van der Waals surface area contributed by atoms with Crippen molar-refractivity contribution in [3.8, 4) is 0 Å². The van der Waals surface area contributed by atoms with E-state index in [1.54, 1.807) is 6.07 Å². The molecular formula is C11H18BrN5O. The minimum Gasteiger partial charge on any atom is -0.383 e. The number of aromatic nitrogens is 2. The largest absolute Gasteiger partial charge is 0.383 e.